The van der Waals surface area contributed by atoms with E-state index in [4.69, 9.17) is 4.74 Å². The van der Waals surface area contributed by atoms with Gasteiger partial charge in [-0.05, 0) is 17.7 Å². The van der Waals surface area contributed by atoms with Crippen molar-refractivity contribution in [2.75, 3.05) is 7.05 Å². The average molecular weight is 359 g/mol. The molecule has 4 atom stereocenters. The van der Waals surface area contributed by atoms with E-state index in [0.717, 1.165) is 5.56 Å². The second-order valence-electron chi connectivity index (χ2n) is 7.21. The molecule has 2 aromatic carbocycles. The number of hydrogen-bond donors (Lipinski definition) is 0. The van der Waals surface area contributed by atoms with Gasteiger partial charge in [0.15, 0.2) is 5.78 Å². The second-order valence-corrected chi connectivity index (χ2v) is 7.21. The summed E-state index contributed by atoms with van der Waals surface area (Å²) in [5.74, 6) is -1.74. The van der Waals surface area contributed by atoms with Crippen LogP contribution in [0.3, 0.4) is 0 Å². The van der Waals surface area contributed by atoms with Gasteiger partial charge in [-0.15, -0.1) is 0 Å². The second kappa shape index (κ2) is 5.64. The third-order valence-corrected chi connectivity index (χ3v) is 5.83. The topological polar surface area (TPSA) is 63.7 Å². The van der Waals surface area contributed by atoms with E-state index in [-0.39, 0.29) is 23.5 Å². The van der Waals surface area contributed by atoms with Gasteiger partial charge < -0.3 is 4.74 Å². The maximum absolute atomic E-state index is 13.1. The number of nitrogens with zero attached hydrogens (tertiary/aromatic N) is 1. The highest BCUT2D eigenvalue weighted by molar-refractivity contribution is 6.15. The quantitative estimate of drug-likeness (QED) is 0.734. The van der Waals surface area contributed by atoms with E-state index in [1.54, 1.807) is 24.3 Å². The number of hydrogen-bond acceptors (Lipinski definition) is 4. The largest absolute Gasteiger partial charge is 0.484 e. The Balaban J connectivity index is 1.71. The molecule has 5 rings (SSSR count). The van der Waals surface area contributed by atoms with Crippen molar-refractivity contribution in [1.29, 1.82) is 0 Å². The van der Waals surface area contributed by atoms with Gasteiger partial charge in [0.05, 0.1) is 17.4 Å². The Morgan fingerprint density at radius 1 is 0.852 bits per heavy atom. The lowest BCUT2D eigenvalue weighted by atomic mass is 9.68. The van der Waals surface area contributed by atoms with Gasteiger partial charge in [-0.3, -0.25) is 19.3 Å². The van der Waals surface area contributed by atoms with Crippen LogP contribution in [0.15, 0.2) is 66.2 Å². The zero-order valence-electron chi connectivity index (χ0n) is 14.7. The monoisotopic (exact) mass is 359 g/mol. The lowest BCUT2D eigenvalue weighted by Crippen LogP contribution is -2.46. The third kappa shape index (κ3) is 2.14. The van der Waals surface area contributed by atoms with Crippen molar-refractivity contribution in [1.82, 2.24) is 4.90 Å². The Kier molecular flexibility index (Phi) is 3.34. The number of ether oxygens (including phenoxy) is 1. The molecule has 0 aromatic heterocycles. The minimum atomic E-state index is -0.723. The fraction of sp³-hybridized carbons (Fsp3) is 0.227. The molecule has 5 nitrogen and oxygen atoms in total. The van der Waals surface area contributed by atoms with Gasteiger partial charge in [-0.25, -0.2) is 0 Å². The number of ketones is 1. The Labute approximate surface area is 156 Å². The SMILES string of the molecule is CN1C(=O)[C@@H]2[C@H](C1=O)[C@@H](c1ccccc1)C=C1C(=O)c3ccccc3O[C@@H]12. The van der Waals surface area contributed by atoms with Crippen molar-refractivity contribution in [3.63, 3.8) is 0 Å². The Hall–Kier alpha value is -3.21. The summed E-state index contributed by atoms with van der Waals surface area (Å²) in [6.45, 7) is 0. The number of Topliss-reactive ketones (excluding diaryl/α,β-unsaturated/α-hetero) is 1. The van der Waals surface area contributed by atoms with Crippen LogP contribution in [-0.4, -0.2) is 35.6 Å². The molecule has 0 saturated carbocycles. The highest BCUT2D eigenvalue weighted by atomic mass is 16.5. The number of carbonyl (C=O) groups excluding carboxylic acids is 3. The smallest absolute Gasteiger partial charge is 0.236 e. The first-order valence-electron chi connectivity index (χ1n) is 8.96. The molecule has 2 aromatic rings. The van der Waals surface area contributed by atoms with E-state index in [9.17, 15) is 14.4 Å². The Morgan fingerprint density at radius 3 is 2.30 bits per heavy atom. The summed E-state index contributed by atoms with van der Waals surface area (Å²) in [5.41, 5.74) is 1.89. The Bertz CT molecular complexity index is 1010. The molecule has 0 spiro atoms. The zero-order chi connectivity index (χ0) is 18.7. The molecule has 5 heteroatoms. The molecule has 27 heavy (non-hydrogen) atoms. The summed E-state index contributed by atoms with van der Waals surface area (Å²) in [5, 5.41) is 0. The molecule has 2 heterocycles. The van der Waals surface area contributed by atoms with Gasteiger partial charge in [-0.2, -0.15) is 0 Å². The van der Waals surface area contributed by atoms with Crippen LogP contribution in [0.25, 0.3) is 0 Å². The van der Waals surface area contributed by atoms with Crippen molar-refractivity contribution in [2.24, 2.45) is 11.8 Å². The van der Waals surface area contributed by atoms with Gasteiger partial charge >= 0.3 is 0 Å². The molecule has 3 aliphatic rings. The van der Waals surface area contributed by atoms with E-state index in [1.807, 2.05) is 36.4 Å². The average Bonchev–Trinajstić information content (AvgIpc) is 2.93. The van der Waals surface area contributed by atoms with Gasteiger partial charge in [0.25, 0.3) is 0 Å². The molecule has 134 valence electrons. The van der Waals surface area contributed by atoms with Crippen LogP contribution in [-0.2, 0) is 9.59 Å². The lowest BCUT2D eigenvalue weighted by Gasteiger charge is -2.38. The minimum absolute atomic E-state index is 0.129. The van der Waals surface area contributed by atoms with E-state index < -0.39 is 17.9 Å². The van der Waals surface area contributed by atoms with Crippen LogP contribution < -0.4 is 4.74 Å². The summed E-state index contributed by atoms with van der Waals surface area (Å²) < 4.78 is 6.08. The summed E-state index contributed by atoms with van der Waals surface area (Å²) in [6, 6.07) is 16.6. The zero-order valence-corrected chi connectivity index (χ0v) is 14.7. The number of allylic oxidation sites excluding steroid dienone is 1. The van der Waals surface area contributed by atoms with Crippen LogP contribution in [0.4, 0.5) is 0 Å². The van der Waals surface area contributed by atoms with Crippen LogP contribution in [0.5, 0.6) is 5.75 Å². The highest BCUT2D eigenvalue weighted by Gasteiger charge is 2.58. The van der Waals surface area contributed by atoms with Crippen molar-refractivity contribution in [3.05, 3.63) is 77.4 Å². The lowest BCUT2D eigenvalue weighted by molar-refractivity contribution is -0.138. The van der Waals surface area contributed by atoms with Gasteiger partial charge in [0, 0.05) is 18.5 Å². The summed E-state index contributed by atoms with van der Waals surface area (Å²) in [6.07, 6.45) is 1.11. The van der Waals surface area contributed by atoms with E-state index in [0.29, 0.717) is 16.9 Å². The molecule has 0 N–H and O–H groups in total. The third-order valence-electron chi connectivity index (χ3n) is 5.83. The van der Waals surface area contributed by atoms with E-state index >= 15 is 0 Å². The van der Waals surface area contributed by atoms with Gasteiger partial charge in [0.1, 0.15) is 11.9 Å². The van der Waals surface area contributed by atoms with E-state index in [2.05, 4.69) is 0 Å². The number of fused-ring (bicyclic) bond motifs is 4. The fourth-order valence-electron chi connectivity index (χ4n) is 4.51. The summed E-state index contributed by atoms with van der Waals surface area (Å²) in [7, 11) is 1.50. The van der Waals surface area contributed by atoms with Gasteiger partial charge in [0.2, 0.25) is 11.8 Å². The maximum atomic E-state index is 13.1. The van der Waals surface area contributed by atoms with Crippen LogP contribution in [0, 0.1) is 11.8 Å². The van der Waals surface area contributed by atoms with Crippen LogP contribution in [0.2, 0.25) is 0 Å². The number of rotatable bonds is 1. The number of carbonyl (C=O) groups is 3. The molecular formula is C22H17NO4. The number of imide groups is 1. The molecule has 1 saturated heterocycles. The number of likely N-dealkylation sites (tertiary alicyclic amines) is 1. The molecule has 1 aliphatic carbocycles. The summed E-state index contributed by atoms with van der Waals surface area (Å²) >= 11 is 0. The Morgan fingerprint density at radius 2 is 1.52 bits per heavy atom. The first kappa shape index (κ1) is 16.0. The molecule has 0 radical (unpaired) electrons. The van der Waals surface area contributed by atoms with Crippen LogP contribution in [0.1, 0.15) is 21.8 Å². The predicted molar refractivity (Wildman–Crippen MR) is 97.2 cm³/mol. The first-order valence-corrected chi connectivity index (χ1v) is 8.96. The molecule has 0 bridgehead atoms. The van der Waals surface area contributed by atoms with Crippen molar-refractivity contribution >= 4 is 17.6 Å². The molecule has 1 fully saturated rings. The molecular weight excluding hydrogens is 342 g/mol. The predicted octanol–water partition coefficient (Wildman–Crippen LogP) is 2.59. The fourth-order valence-corrected chi connectivity index (χ4v) is 4.51. The minimum Gasteiger partial charge on any atom is -0.484 e. The standard InChI is InChI=1S/C22H17NO4/c1-23-21(25)17-14(12-7-3-2-4-8-12)11-15-19(24)13-9-5-6-10-16(13)27-20(15)18(17)22(23)26/h2-11,14,17-18,20H,1H3/t14-,17-,18-,20+/m1/s1. The van der Waals surface area contributed by atoms with Crippen molar-refractivity contribution in [2.45, 2.75) is 12.0 Å². The normalized spacial score (nSPS) is 28.9. The van der Waals surface area contributed by atoms with Crippen LogP contribution >= 0.6 is 0 Å². The van der Waals surface area contributed by atoms with E-state index in [1.165, 1.54) is 11.9 Å². The number of para-hydroxylation sites is 1. The van der Waals surface area contributed by atoms with Gasteiger partial charge in [-0.1, -0.05) is 48.5 Å². The molecule has 2 aliphatic heterocycles. The van der Waals surface area contributed by atoms with Crippen molar-refractivity contribution < 1.29 is 19.1 Å². The maximum Gasteiger partial charge on any atom is 0.236 e. The molecule has 0 unspecified atom stereocenters. The molecule has 2 amide bonds. The highest BCUT2D eigenvalue weighted by Crippen LogP contribution is 2.49. The summed E-state index contributed by atoms with van der Waals surface area (Å²) in [4.78, 5) is 40.1. The van der Waals surface area contributed by atoms with Crippen molar-refractivity contribution in [3.8, 4) is 5.75 Å². The number of amides is 2. The number of benzene rings is 2. The first-order chi connectivity index (χ1) is 13.1.